The van der Waals surface area contributed by atoms with Crippen LogP contribution in [0.2, 0.25) is 0 Å². The van der Waals surface area contributed by atoms with E-state index in [2.05, 4.69) is 5.73 Å². The van der Waals surface area contributed by atoms with Crippen molar-refractivity contribution in [3.05, 3.63) is 35.4 Å². The van der Waals surface area contributed by atoms with Crippen LogP contribution in [-0.2, 0) is 16.9 Å². The van der Waals surface area contributed by atoms with Gasteiger partial charge in [0.25, 0.3) is 5.91 Å². The maximum atomic E-state index is 13.0. The van der Waals surface area contributed by atoms with Crippen molar-refractivity contribution >= 4 is 5.91 Å². The van der Waals surface area contributed by atoms with Crippen LogP contribution < -0.4 is 5.73 Å². The Morgan fingerprint density at radius 1 is 1.12 bits per heavy atom. The average Bonchev–Trinajstić information content (AvgIpc) is 2.16. The first-order valence-electron chi connectivity index (χ1n) is 3.92. The van der Waals surface area contributed by atoms with Crippen LogP contribution in [0.1, 0.15) is 11.1 Å². The molecule has 16 heavy (non-hydrogen) atoms. The zero-order valence-corrected chi connectivity index (χ0v) is 7.61. The first-order valence-corrected chi connectivity index (χ1v) is 3.92. The molecule has 2 nitrogen and oxygen atoms in total. The van der Waals surface area contributed by atoms with E-state index in [-0.39, 0.29) is 6.07 Å². The van der Waals surface area contributed by atoms with Crippen molar-refractivity contribution in [2.45, 2.75) is 12.1 Å². The fourth-order valence-corrected chi connectivity index (χ4v) is 0.959. The summed E-state index contributed by atoms with van der Waals surface area (Å²) in [6.07, 6.45) is -4.78. The van der Waals surface area contributed by atoms with Gasteiger partial charge in [-0.15, -0.1) is 0 Å². The van der Waals surface area contributed by atoms with Gasteiger partial charge in [-0.3, -0.25) is 4.79 Å². The van der Waals surface area contributed by atoms with Gasteiger partial charge in [-0.2, -0.15) is 22.0 Å². The smallest absolute Gasteiger partial charge is 0.364 e. The lowest BCUT2D eigenvalue weighted by Crippen LogP contribution is -2.33. The first-order chi connectivity index (χ1) is 7.15. The number of amides is 1. The minimum absolute atomic E-state index is 0.168. The molecule has 0 unspecified atom stereocenters. The number of primary amides is 1. The van der Waals surface area contributed by atoms with Crippen LogP contribution in [0.4, 0.5) is 22.0 Å². The highest BCUT2D eigenvalue weighted by Gasteiger charge is 2.40. The van der Waals surface area contributed by atoms with Crippen molar-refractivity contribution in [2.24, 2.45) is 5.73 Å². The highest BCUT2D eigenvalue weighted by atomic mass is 19.4. The van der Waals surface area contributed by atoms with E-state index < -0.39 is 29.1 Å². The molecule has 87 valence electrons. The van der Waals surface area contributed by atoms with Crippen LogP contribution in [0, 0.1) is 6.07 Å². The summed E-state index contributed by atoms with van der Waals surface area (Å²) in [4.78, 5) is 10.4. The third-order valence-corrected chi connectivity index (χ3v) is 1.79. The topological polar surface area (TPSA) is 43.1 Å². The molecule has 1 aromatic carbocycles. The SMILES string of the molecule is NC(=O)C(F)(F)c1c[c]cc(C(F)(F)F)c1. The van der Waals surface area contributed by atoms with E-state index in [0.717, 1.165) is 0 Å². The van der Waals surface area contributed by atoms with Crippen molar-refractivity contribution in [3.8, 4) is 0 Å². The van der Waals surface area contributed by atoms with E-state index >= 15 is 0 Å². The highest BCUT2D eigenvalue weighted by Crippen LogP contribution is 2.33. The third kappa shape index (κ3) is 2.29. The monoisotopic (exact) mass is 238 g/mol. The van der Waals surface area contributed by atoms with Gasteiger partial charge in [-0.1, -0.05) is 0 Å². The minimum atomic E-state index is -4.78. The summed E-state index contributed by atoms with van der Waals surface area (Å²) in [5, 5.41) is 0. The summed E-state index contributed by atoms with van der Waals surface area (Å²) in [5.41, 5.74) is 1.93. The normalized spacial score (nSPS) is 12.6. The molecule has 2 N–H and O–H groups in total. The quantitative estimate of drug-likeness (QED) is 0.787. The van der Waals surface area contributed by atoms with Crippen molar-refractivity contribution in [1.29, 1.82) is 0 Å². The Morgan fingerprint density at radius 3 is 2.06 bits per heavy atom. The molecule has 0 saturated heterocycles. The van der Waals surface area contributed by atoms with E-state index in [1.807, 2.05) is 6.07 Å². The van der Waals surface area contributed by atoms with Gasteiger partial charge in [0.05, 0.1) is 5.56 Å². The molecule has 0 aliphatic rings. The summed E-state index contributed by atoms with van der Waals surface area (Å²) in [6.45, 7) is 0. The number of hydrogen-bond acceptors (Lipinski definition) is 1. The lowest BCUT2D eigenvalue weighted by molar-refractivity contribution is -0.144. The molecule has 0 spiro atoms. The Labute approximate surface area is 86.9 Å². The number of halogens is 5. The van der Waals surface area contributed by atoms with Crippen molar-refractivity contribution < 1.29 is 26.7 Å². The predicted octanol–water partition coefficient (Wildman–Crippen LogP) is 2.08. The van der Waals surface area contributed by atoms with Crippen LogP contribution in [0.15, 0.2) is 18.2 Å². The molecule has 0 atom stereocenters. The van der Waals surface area contributed by atoms with Gasteiger partial charge in [-0.25, -0.2) is 0 Å². The van der Waals surface area contributed by atoms with Crippen LogP contribution >= 0.6 is 0 Å². The maximum Gasteiger partial charge on any atom is 0.416 e. The summed E-state index contributed by atoms with van der Waals surface area (Å²) < 4.78 is 62.5. The van der Waals surface area contributed by atoms with Gasteiger partial charge in [0.2, 0.25) is 0 Å². The van der Waals surface area contributed by atoms with Gasteiger partial charge in [0, 0.05) is 5.56 Å². The van der Waals surface area contributed by atoms with E-state index in [0.29, 0.717) is 12.1 Å². The van der Waals surface area contributed by atoms with Gasteiger partial charge in [-0.05, 0) is 24.3 Å². The van der Waals surface area contributed by atoms with Crippen molar-refractivity contribution in [2.75, 3.05) is 0 Å². The van der Waals surface area contributed by atoms with Gasteiger partial charge in [0.1, 0.15) is 0 Å². The Morgan fingerprint density at radius 2 is 1.62 bits per heavy atom. The first kappa shape index (κ1) is 12.4. The van der Waals surface area contributed by atoms with E-state index in [9.17, 15) is 26.7 Å². The molecule has 0 aliphatic carbocycles. The molecule has 0 fully saturated rings. The average molecular weight is 238 g/mol. The lowest BCUT2D eigenvalue weighted by atomic mass is 10.0. The second-order valence-electron chi connectivity index (χ2n) is 2.95. The largest absolute Gasteiger partial charge is 0.416 e. The zero-order valence-electron chi connectivity index (χ0n) is 7.61. The molecular weight excluding hydrogens is 233 g/mol. The van der Waals surface area contributed by atoms with Crippen LogP contribution in [0.3, 0.4) is 0 Å². The zero-order chi connectivity index (χ0) is 12.6. The molecular formula is C9H5F5NO. The van der Waals surface area contributed by atoms with Crippen molar-refractivity contribution in [3.63, 3.8) is 0 Å². The number of benzene rings is 1. The van der Waals surface area contributed by atoms with Crippen LogP contribution in [-0.4, -0.2) is 5.91 Å². The number of carbonyl (C=O) groups is 1. The minimum Gasteiger partial charge on any atom is -0.364 e. The van der Waals surface area contributed by atoms with Crippen molar-refractivity contribution in [1.82, 2.24) is 0 Å². The second kappa shape index (κ2) is 3.73. The van der Waals surface area contributed by atoms with E-state index in [1.54, 1.807) is 0 Å². The summed E-state index contributed by atoms with van der Waals surface area (Å²) >= 11 is 0. The Hall–Kier alpha value is -1.66. The molecule has 0 saturated carbocycles. The van der Waals surface area contributed by atoms with Crippen LogP contribution in [0.5, 0.6) is 0 Å². The number of carbonyl (C=O) groups excluding carboxylic acids is 1. The standard InChI is InChI=1S/C9H5F5NO/c10-8(11,7(15)16)5-2-1-3-6(4-5)9(12,13)14/h2-4H,(H2,15,16). The second-order valence-corrected chi connectivity index (χ2v) is 2.95. The molecule has 1 aromatic rings. The molecule has 7 heteroatoms. The van der Waals surface area contributed by atoms with Gasteiger partial charge in [0.15, 0.2) is 0 Å². The predicted molar refractivity (Wildman–Crippen MR) is 43.4 cm³/mol. The Bertz CT molecular complexity index is 413. The van der Waals surface area contributed by atoms with E-state index in [1.165, 1.54) is 0 Å². The number of alkyl halides is 5. The summed E-state index contributed by atoms with van der Waals surface area (Å²) in [5.74, 6) is -6.15. The van der Waals surface area contributed by atoms with E-state index in [4.69, 9.17) is 0 Å². The lowest BCUT2D eigenvalue weighted by Gasteiger charge is -2.14. The molecule has 0 bridgehead atoms. The fraction of sp³-hybridized carbons (Fsp3) is 0.222. The molecule has 0 aromatic heterocycles. The molecule has 1 radical (unpaired) electrons. The van der Waals surface area contributed by atoms with Gasteiger partial charge < -0.3 is 5.73 Å². The van der Waals surface area contributed by atoms with Gasteiger partial charge >= 0.3 is 12.1 Å². The number of nitrogens with two attached hydrogens (primary N) is 1. The maximum absolute atomic E-state index is 13.0. The summed E-state index contributed by atoms with van der Waals surface area (Å²) in [6, 6.07) is 3.14. The fourth-order valence-electron chi connectivity index (χ4n) is 0.959. The molecule has 1 rings (SSSR count). The highest BCUT2D eigenvalue weighted by molar-refractivity contribution is 5.83. The molecule has 0 heterocycles. The molecule has 1 amide bonds. The molecule has 0 aliphatic heterocycles. The Balaban J connectivity index is 3.23. The third-order valence-electron chi connectivity index (χ3n) is 1.79. The number of hydrogen-bond donors (Lipinski definition) is 1. The summed E-state index contributed by atoms with van der Waals surface area (Å²) in [7, 11) is 0. The number of rotatable bonds is 2. The Kier molecular flexibility index (Phi) is 2.89. The van der Waals surface area contributed by atoms with Crippen LogP contribution in [0.25, 0.3) is 0 Å².